The summed E-state index contributed by atoms with van der Waals surface area (Å²) < 4.78 is 18.6. The van der Waals surface area contributed by atoms with E-state index in [1.54, 1.807) is 0 Å². The van der Waals surface area contributed by atoms with Gasteiger partial charge in [0.1, 0.15) is 0 Å². The number of hydrogen-bond donors (Lipinski definition) is 1. The topological polar surface area (TPSA) is 125 Å². The highest BCUT2D eigenvalue weighted by atomic mass is 19.1. The van der Waals surface area contributed by atoms with E-state index in [4.69, 9.17) is 4.74 Å². The standard InChI is InChI=1S/C15H12FN3O6/c1-9(25-14-5-3-2-4-12(14)18(21)22)15(20)17-10-6-7-11(16)13(8-10)19(23)24/h2-9H,1H3,(H,17,20)/t9-/m0/s1. The Hall–Kier alpha value is -3.56. The largest absolute Gasteiger partial charge is 0.474 e. The SMILES string of the molecule is C[C@H](Oc1ccccc1[N+](=O)[O-])C(=O)Nc1ccc(F)c([N+](=O)[O-])c1. The summed E-state index contributed by atoms with van der Waals surface area (Å²) in [6.45, 7) is 1.35. The Morgan fingerprint density at radius 3 is 2.40 bits per heavy atom. The van der Waals surface area contributed by atoms with Gasteiger partial charge in [-0.15, -0.1) is 0 Å². The fraction of sp³-hybridized carbons (Fsp3) is 0.133. The number of hydrogen-bond acceptors (Lipinski definition) is 6. The van der Waals surface area contributed by atoms with E-state index < -0.39 is 33.4 Å². The van der Waals surface area contributed by atoms with Crippen molar-refractivity contribution in [2.75, 3.05) is 5.32 Å². The Bertz CT molecular complexity index is 842. The molecule has 0 aliphatic heterocycles. The average molecular weight is 349 g/mol. The molecule has 10 heteroatoms. The fourth-order valence-corrected chi connectivity index (χ4v) is 1.93. The fourth-order valence-electron chi connectivity index (χ4n) is 1.93. The van der Waals surface area contributed by atoms with Gasteiger partial charge in [0.2, 0.25) is 5.82 Å². The molecular formula is C15H12FN3O6. The minimum absolute atomic E-state index is 0.00360. The zero-order valence-electron chi connectivity index (χ0n) is 12.8. The molecule has 0 spiro atoms. The van der Waals surface area contributed by atoms with Gasteiger partial charge in [0.15, 0.2) is 11.9 Å². The van der Waals surface area contributed by atoms with Gasteiger partial charge >= 0.3 is 11.4 Å². The van der Waals surface area contributed by atoms with Crippen LogP contribution in [0.25, 0.3) is 0 Å². The Labute approximate surface area is 140 Å². The number of halogens is 1. The number of nitrogens with one attached hydrogen (secondary N) is 1. The molecule has 2 aromatic carbocycles. The summed E-state index contributed by atoms with van der Waals surface area (Å²) in [4.78, 5) is 32.2. The Kier molecular flexibility index (Phi) is 5.22. The number of amides is 1. The number of benzene rings is 2. The van der Waals surface area contributed by atoms with Crippen molar-refractivity contribution in [1.29, 1.82) is 0 Å². The third-order valence-corrected chi connectivity index (χ3v) is 3.15. The van der Waals surface area contributed by atoms with Gasteiger partial charge in [-0.3, -0.25) is 25.0 Å². The van der Waals surface area contributed by atoms with E-state index in [9.17, 15) is 29.4 Å². The molecule has 1 amide bonds. The highest BCUT2D eigenvalue weighted by Gasteiger charge is 2.22. The molecule has 2 rings (SSSR count). The summed E-state index contributed by atoms with van der Waals surface area (Å²) in [5, 5.41) is 24.0. The molecule has 1 atom stereocenters. The van der Waals surface area contributed by atoms with Crippen molar-refractivity contribution in [3.05, 3.63) is 68.5 Å². The van der Waals surface area contributed by atoms with E-state index >= 15 is 0 Å². The van der Waals surface area contributed by atoms with Crippen LogP contribution in [0.4, 0.5) is 21.5 Å². The summed E-state index contributed by atoms with van der Waals surface area (Å²) in [5.41, 5.74) is -1.10. The predicted molar refractivity (Wildman–Crippen MR) is 84.9 cm³/mol. The number of anilines is 1. The van der Waals surface area contributed by atoms with Crippen molar-refractivity contribution in [3.63, 3.8) is 0 Å². The van der Waals surface area contributed by atoms with Gasteiger partial charge in [0, 0.05) is 17.8 Å². The van der Waals surface area contributed by atoms with Gasteiger partial charge < -0.3 is 10.1 Å². The normalized spacial score (nSPS) is 11.4. The lowest BCUT2D eigenvalue weighted by Crippen LogP contribution is -2.30. The quantitative estimate of drug-likeness (QED) is 0.631. The summed E-state index contributed by atoms with van der Waals surface area (Å²) >= 11 is 0. The highest BCUT2D eigenvalue weighted by molar-refractivity contribution is 5.94. The number of nitrogens with zero attached hydrogens (tertiary/aromatic N) is 2. The summed E-state index contributed by atoms with van der Waals surface area (Å²) in [5.74, 6) is -1.84. The first-order chi connectivity index (χ1) is 11.8. The van der Waals surface area contributed by atoms with Crippen LogP contribution < -0.4 is 10.1 Å². The Morgan fingerprint density at radius 2 is 1.76 bits per heavy atom. The van der Waals surface area contributed by atoms with E-state index in [0.29, 0.717) is 0 Å². The number of nitro benzene ring substituents is 2. The molecule has 0 fully saturated rings. The van der Waals surface area contributed by atoms with Gasteiger partial charge in [0.05, 0.1) is 9.85 Å². The molecule has 0 saturated carbocycles. The lowest BCUT2D eigenvalue weighted by atomic mass is 10.2. The van der Waals surface area contributed by atoms with Gasteiger partial charge in [-0.25, -0.2) is 0 Å². The predicted octanol–water partition coefficient (Wildman–Crippen LogP) is 3.05. The number of carbonyl (C=O) groups excluding carboxylic acids is 1. The van der Waals surface area contributed by atoms with Crippen LogP contribution in [0.5, 0.6) is 5.75 Å². The second-order valence-electron chi connectivity index (χ2n) is 4.90. The van der Waals surface area contributed by atoms with Crippen molar-refractivity contribution < 1.29 is 23.8 Å². The summed E-state index contributed by atoms with van der Waals surface area (Å²) in [6, 6.07) is 8.39. The average Bonchev–Trinajstić information content (AvgIpc) is 2.56. The van der Waals surface area contributed by atoms with Crippen LogP contribution >= 0.6 is 0 Å². The van der Waals surface area contributed by atoms with Crippen LogP contribution in [0.1, 0.15) is 6.92 Å². The maximum Gasteiger partial charge on any atom is 0.310 e. The number of nitro groups is 2. The van der Waals surface area contributed by atoms with Crippen LogP contribution in [0.15, 0.2) is 42.5 Å². The van der Waals surface area contributed by atoms with Crippen LogP contribution in [0.2, 0.25) is 0 Å². The molecular weight excluding hydrogens is 337 g/mol. The monoisotopic (exact) mass is 349 g/mol. The molecule has 9 nitrogen and oxygen atoms in total. The molecule has 1 N–H and O–H groups in total. The third kappa shape index (κ3) is 4.25. The Balaban J connectivity index is 2.13. The maximum absolute atomic E-state index is 13.3. The van der Waals surface area contributed by atoms with Gasteiger partial charge in [-0.2, -0.15) is 4.39 Å². The first-order valence-electron chi connectivity index (χ1n) is 6.94. The van der Waals surface area contributed by atoms with Crippen LogP contribution in [-0.2, 0) is 4.79 Å². The molecule has 0 bridgehead atoms. The Morgan fingerprint density at radius 1 is 1.12 bits per heavy atom. The molecule has 0 radical (unpaired) electrons. The summed E-state index contributed by atoms with van der Waals surface area (Å²) in [7, 11) is 0. The van der Waals surface area contributed by atoms with E-state index in [2.05, 4.69) is 5.32 Å². The molecule has 0 aliphatic carbocycles. The smallest absolute Gasteiger partial charge is 0.310 e. The van der Waals surface area contributed by atoms with E-state index in [-0.39, 0.29) is 17.1 Å². The van der Waals surface area contributed by atoms with E-state index in [1.807, 2.05) is 0 Å². The second kappa shape index (κ2) is 7.34. The van der Waals surface area contributed by atoms with Gasteiger partial charge in [-0.05, 0) is 25.1 Å². The number of rotatable bonds is 6. The highest BCUT2D eigenvalue weighted by Crippen LogP contribution is 2.27. The lowest BCUT2D eigenvalue weighted by molar-refractivity contribution is -0.387. The molecule has 0 unspecified atom stereocenters. The van der Waals surface area contributed by atoms with Crippen LogP contribution in [0.3, 0.4) is 0 Å². The molecule has 130 valence electrons. The van der Waals surface area contributed by atoms with Crippen LogP contribution in [-0.4, -0.2) is 21.9 Å². The molecule has 0 saturated heterocycles. The minimum atomic E-state index is -1.13. The molecule has 25 heavy (non-hydrogen) atoms. The third-order valence-electron chi connectivity index (χ3n) is 3.15. The molecule has 0 heterocycles. The lowest BCUT2D eigenvalue weighted by Gasteiger charge is -2.14. The first kappa shape index (κ1) is 17.8. The first-order valence-corrected chi connectivity index (χ1v) is 6.94. The van der Waals surface area contributed by atoms with Crippen molar-refractivity contribution in [2.45, 2.75) is 13.0 Å². The number of ether oxygens (including phenoxy) is 1. The van der Waals surface area contributed by atoms with Gasteiger partial charge in [0.25, 0.3) is 5.91 Å². The van der Waals surface area contributed by atoms with Gasteiger partial charge in [-0.1, -0.05) is 12.1 Å². The molecule has 2 aromatic rings. The van der Waals surface area contributed by atoms with Crippen molar-refractivity contribution in [1.82, 2.24) is 0 Å². The zero-order chi connectivity index (χ0) is 18.6. The minimum Gasteiger partial charge on any atom is -0.474 e. The van der Waals surface area contributed by atoms with E-state index in [0.717, 1.165) is 18.2 Å². The number of para-hydroxylation sites is 2. The summed E-state index contributed by atoms with van der Waals surface area (Å²) in [6.07, 6.45) is -1.13. The molecule has 0 aromatic heterocycles. The van der Waals surface area contributed by atoms with Crippen molar-refractivity contribution >= 4 is 23.0 Å². The second-order valence-corrected chi connectivity index (χ2v) is 4.90. The van der Waals surface area contributed by atoms with Crippen molar-refractivity contribution in [2.24, 2.45) is 0 Å². The zero-order valence-corrected chi connectivity index (χ0v) is 12.8. The van der Waals surface area contributed by atoms with Crippen molar-refractivity contribution in [3.8, 4) is 5.75 Å². The maximum atomic E-state index is 13.3. The molecule has 0 aliphatic rings. The van der Waals surface area contributed by atoms with E-state index in [1.165, 1.54) is 31.2 Å². The van der Waals surface area contributed by atoms with Crippen LogP contribution in [0, 0.1) is 26.0 Å². The number of carbonyl (C=O) groups is 1.